The molecular weight excluding hydrogens is 327 g/mol. The largest absolute Gasteiger partial charge is 0.573 e. The van der Waals surface area contributed by atoms with E-state index in [1.165, 1.54) is 23.5 Å². The molecule has 0 aliphatic heterocycles. The quantitative estimate of drug-likeness (QED) is 0.912. The normalized spacial score (nSPS) is 12.3. The summed E-state index contributed by atoms with van der Waals surface area (Å²) in [4.78, 5) is 0.187. The highest BCUT2D eigenvalue weighted by molar-refractivity contribution is 7.89. The topological polar surface area (TPSA) is 55.4 Å². The van der Waals surface area contributed by atoms with Crippen LogP contribution in [0.3, 0.4) is 0 Å². The molecule has 9 heteroatoms. The van der Waals surface area contributed by atoms with E-state index in [0.717, 1.165) is 17.0 Å². The maximum atomic E-state index is 12.3. The van der Waals surface area contributed by atoms with Crippen LogP contribution in [0, 0.1) is 0 Å². The van der Waals surface area contributed by atoms with Crippen LogP contribution in [0.1, 0.15) is 4.88 Å². The summed E-state index contributed by atoms with van der Waals surface area (Å²) in [6, 6.07) is 8.05. The lowest BCUT2D eigenvalue weighted by Gasteiger charge is -2.13. The summed E-state index contributed by atoms with van der Waals surface area (Å²) in [5, 5.41) is 1.77. The van der Waals surface area contributed by atoms with E-state index >= 15 is 0 Å². The number of thiophene rings is 1. The highest BCUT2D eigenvalue weighted by Gasteiger charge is 2.33. The molecule has 0 unspecified atom stereocenters. The monoisotopic (exact) mass is 337 g/mol. The lowest BCUT2D eigenvalue weighted by atomic mass is 10.3. The van der Waals surface area contributed by atoms with E-state index in [1.807, 2.05) is 0 Å². The minimum absolute atomic E-state index is 0.000349. The van der Waals surface area contributed by atoms with Crippen LogP contribution in [0.25, 0.3) is 0 Å². The third-order valence-corrected chi connectivity index (χ3v) is 4.70. The first-order valence-electron chi connectivity index (χ1n) is 5.65. The zero-order valence-corrected chi connectivity index (χ0v) is 12.1. The summed E-state index contributed by atoms with van der Waals surface area (Å²) in [6.07, 6.45) is -4.96. The van der Waals surface area contributed by atoms with Crippen LogP contribution in [0.4, 0.5) is 13.2 Å². The molecule has 0 saturated heterocycles. The second kappa shape index (κ2) is 6.04. The molecule has 2 aromatic rings. The van der Waals surface area contributed by atoms with Crippen LogP contribution in [0.2, 0.25) is 0 Å². The van der Waals surface area contributed by atoms with Crippen molar-refractivity contribution in [3.63, 3.8) is 0 Å². The van der Waals surface area contributed by atoms with Gasteiger partial charge in [-0.05, 0) is 23.6 Å². The Morgan fingerprint density at radius 1 is 1.14 bits per heavy atom. The number of sulfonamides is 1. The average Bonchev–Trinajstić information content (AvgIpc) is 2.88. The van der Waals surface area contributed by atoms with Crippen molar-refractivity contribution in [2.24, 2.45) is 0 Å². The molecule has 2 rings (SSSR count). The number of alkyl halides is 3. The van der Waals surface area contributed by atoms with E-state index < -0.39 is 27.0 Å². The standard InChI is InChI=1S/C12H10F3NO3S2/c13-12(14,15)19-10-5-1-2-6-11(10)21(17,18)16-8-9-4-3-7-20-9/h1-7,16H,8H2. The fourth-order valence-corrected chi connectivity index (χ4v) is 3.41. The third-order valence-electron chi connectivity index (χ3n) is 2.38. The van der Waals surface area contributed by atoms with Gasteiger partial charge in [0.25, 0.3) is 0 Å². The smallest absolute Gasteiger partial charge is 0.404 e. The molecule has 0 saturated carbocycles. The maximum absolute atomic E-state index is 12.3. The van der Waals surface area contributed by atoms with Gasteiger partial charge >= 0.3 is 6.36 Å². The third kappa shape index (κ3) is 4.45. The van der Waals surface area contributed by atoms with Crippen LogP contribution in [0.5, 0.6) is 5.75 Å². The predicted octanol–water partition coefficient (Wildman–Crippen LogP) is 3.13. The van der Waals surface area contributed by atoms with Crippen LogP contribution in [0.15, 0.2) is 46.7 Å². The molecular formula is C12H10F3NO3S2. The van der Waals surface area contributed by atoms with Crippen LogP contribution >= 0.6 is 11.3 Å². The number of benzene rings is 1. The first-order valence-corrected chi connectivity index (χ1v) is 8.01. The Kier molecular flexibility index (Phi) is 4.55. The molecule has 0 aliphatic rings. The van der Waals surface area contributed by atoms with Crippen LogP contribution < -0.4 is 9.46 Å². The van der Waals surface area contributed by atoms with Gasteiger partial charge in [0.1, 0.15) is 10.6 Å². The Morgan fingerprint density at radius 3 is 2.48 bits per heavy atom. The van der Waals surface area contributed by atoms with Gasteiger partial charge in [0.15, 0.2) is 0 Å². The first-order chi connectivity index (χ1) is 9.78. The van der Waals surface area contributed by atoms with Crippen molar-refractivity contribution in [1.29, 1.82) is 0 Å². The van der Waals surface area contributed by atoms with Gasteiger partial charge in [-0.15, -0.1) is 24.5 Å². The van der Waals surface area contributed by atoms with Gasteiger partial charge in [0.05, 0.1) is 0 Å². The molecule has 1 aromatic carbocycles. The highest BCUT2D eigenvalue weighted by atomic mass is 32.2. The van der Waals surface area contributed by atoms with E-state index in [4.69, 9.17) is 0 Å². The van der Waals surface area contributed by atoms with Crippen molar-refractivity contribution in [2.75, 3.05) is 0 Å². The number of ether oxygens (including phenoxy) is 1. The Labute approximate surface area is 123 Å². The van der Waals surface area contributed by atoms with Gasteiger partial charge in [-0.3, -0.25) is 0 Å². The van der Waals surface area contributed by atoms with E-state index in [9.17, 15) is 21.6 Å². The number of rotatable bonds is 5. The Morgan fingerprint density at radius 2 is 1.86 bits per heavy atom. The summed E-state index contributed by atoms with van der Waals surface area (Å²) >= 11 is 1.33. The van der Waals surface area contributed by atoms with Crippen molar-refractivity contribution >= 4 is 21.4 Å². The summed E-state index contributed by atoms with van der Waals surface area (Å²) in [7, 11) is -4.11. The Bertz CT molecular complexity index is 697. The minimum Gasteiger partial charge on any atom is -0.404 e. The average molecular weight is 337 g/mol. The number of nitrogens with one attached hydrogen (secondary N) is 1. The zero-order chi connectivity index (χ0) is 15.5. The Balaban J connectivity index is 2.23. The molecule has 4 nitrogen and oxygen atoms in total. The molecule has 0 spiro atoms. The SMILES string of the molecule is O=S(=O)(NCc1cccs1)c1ccccc1OC(F)(F)F. The molecule has 1 aromatic heterocycles. The van der Waals surface area contributed by atoms with Gasteiger partial charge in [0.2, 0.25) is 10.0 Å². The molecule has 0 atom stereocenters. The highest BCUT2D eigenvalue weighted by Crippen LogP contribution is 2.29. The lowest BCUT2D eigenvalue weighted by Crippen LogP contribution is -2.25. The van der Waals surface area contributed by atoms with Gasteiger partial charge < -0.3 is 4.74 Å². The fraction of sp³-hybridized carbons (Fsp3) is 0.167. The molecule has 0 bridgehead atoms. The van der Waals surface area contributed by atoms with Crippen molar-refractivity contribution < 1.29 is 26.3 Å². The number of hydrogen-bond donors (Lipinski definition) is 1. The van der Waals surface area contributed by atoms with E-state index in [2.05, 4.69) is 9.46 Å². The molecule has 0 aliphatic carbocycles. The molecule has 114 valence electrons. The second-order valence-corrected chi connectivity index (χ2v) is 6.67. The summed E-state index contributed by atoms with van der Waals surface area (Å²) in [5.41, 5.74) is 0. The van der Waals surface area contributed by atoms with E-state index in [1.54, 1.807) is 17.5 Å². The van der Waals surface area contributed by atoms with Gasteiger partial charge in [-0.25, -0.2) is 13.1 Å². The minimum atomic E-state index is -4.96. The molecule has 0 fully saturated rings. The van der Waals surface area contributed by atoms with Crippen LogP contribution in [-0.2, 0) is 16.6 Å². The Hall–Kier alpha value is -1.58. The fourth-order valence-electron chi connectivity index (χ4n) is 1.54. The van der Waals surface area contributed by atoms with Crippen molar-refractivity contribution in [2.45, 2.75) is 17.8 Å². The first kappa shape index (κ1) is 15.8. The molecule has 21 heavy (non-hydrogen) atoms. The van der Waals surface area contributed by atoms with Crippen LogP contribution in [-0.4, -0.2) is 14.8 Å². The lowest BCUT2D eigenvalue weighted by molar-refractivity contribution is -0.275. The van der Waals surface area contributed by atoms with Gasteiger partial charge in [-0.1, -0.05) is 18.2 Å². The van der Waals surface area contributed by atoms with Gasteiger partial charge in [-0.2, -0.15) is 0 Å². The van der Waals surface area contributed by atoms with Crippen molar-refractivity contribution in [3.8, 4) is 5.75 Å². The van der Waals surface area contributed by atoms with Crippen molar-refractivity contribution in [1.82, 2.24) is 4.72 Å². The summed E-state index contributed by atoms with van der Waals surface area (Å²) in [6.45, 7) is 0.000349. The van der Waals surface area contributed by atoms with E-state index in [-0.39, 0.29) is 6.54 Å². The zero-order valence-electron chi connectivity index (χ0n) is 10.4. The van der Waals surface area contributed by atoms with Gasteiger partial charge in [0, 0.05) is 11.4 Å². The van der Waals surface area contributed by atoms with E-state index in [0.29, 0.717) is 0 Å². The molecule has 0 amide bonds. The number of hydrogen-bond acceptors (Lipinski definition) is 4. The number of para-hydroxylation sites is 1. The summed E-state index contributed by atoms with van der Waals surface area (Å²) in [5.74, 6) is -0.760. The second-order valence-electron chi connectivity index (χ2n) is 3.90. The molecule has 0 radical (unpaired) electrons. The number of halogens is 3. The maximum Gasteiger partial charge on any atom is 0.573 e. The molecule has 1 heterocycles. The summed E-state index contributed by atoms with van der Waals surface area (Å²) < 4.78 is 67.0. The predicted molar refractivity (Wildman–Crippen MR) is 71.5 cm³/mol. The van der Waals surface area contributed by atoms with Crippen molar-refractivity contribution in [3.05, 3.63) is 46.7 Å². The molecule has 1 N–H and O–H groups in total.